The molecule has 2 saturated heterocycles. The van der Waals surface area contributed by atoms with Crippen molar-refractivity contribution in [3.8, 4) is 0 Å². The standard InChI is InChI=1S/C20H24N8O/c1-13-24-17-11-28(10-16(17)19(25-13)26-4-2-5-26)20(29)14-3-6-27(9-14)18-7-15(8-21)22-12-23-18/h7-8,12,14,21H,2-6,9-11H2,1H3/t14-/m1/s1. The Morgan fingerprint density at radius 1 is 1.17 bits per heavy atom. The number of nitrogens with zero attached hydrogens (tertiary/aromatic N) is 7. The smallest absolute Gasteiger partial charge is 0.228 e. The van der Waals surface area contributed by atoms with Crippen molar-refractivity contribution in [1.29, 1.82) is 5.41 Å². The summed E-state index contributed by atoms with van der Waals surface area (Å²) in [6, 6.07) is 1.79. The van der Waals surface area contributed by atoms with Gasteiger partial charge in [0.05, 0.1) is 30.4 Å². The fourth-order valence-electron chi connectivity index (χ4n) is 4.34. The van der Waals surface area contributed by atoms with Crippen LogP contribution in [0.15, 0.2) is 12.4 Å². The normalized spacial score (nSPS) is 20.6. The van der Waals surface area contributed by atoms with Crippen molar-refractivity contribution in [2.45, 2.75) is 32.9 Å². The number of nitrogens with one attached hydrogen (secondary N) is 1. The van der Waals surface area contributed by atoms with Crippen molar-refractivity contribution in [2.24, 2.45) is 5.92 Å². The Bertz CT molecular complexity index is 973. The number of aromatic nitrogens is 4. The first-order chi connectivity index (χ1) is 14.1. The number of hydrogen-bond acceptors (Lipinski definition) is 8. The molecular formula is C20H24N8O. The van der Waals surface area contributed by atoms with Crippen LogP contribution >= 0.6 is 0 Å². The van der Waals surface area contributed by atoms with Gasteiger partial charge in [0.15, 0.2) is 0 Å². The Morgan fingerprint density at radius 2 is 2.03 bits per heavy atom. The highest BCUT2D eigenvalue weighted by molar-refractivity contribution is 5.81. The van der Waals surface area contributed by atoms with Crippen LogP contribution in [0.25, 0.3) is 0 Å². The average molecular weight is 392 g/mol. The van der Waals surface area contributed by atoms with Crippen molar-refractivity contribution < 1.29 is 4.79 Å². The van der Waals surface area contributed by atoms with Gasteiger partial charge in [0.1, 0.15) is 23.8 Å². The minimum absolute atomic E-state index is 0.0516. The van der Waals surface area contributed by atoms with E-state index >= 15 is 0 Å². The molecule has 9 nitrogen and oxygen atoms in total. The third-order valence-electron chi connectivity index (χ3n) is 6.02. The first kappa shape index (κ1) is 18.0. The van der Waals surface area contributed by atoms with Gasteiger partial charge in [-0.25, -0.2) is 19.9 Å². The van der Waals surface area contributed by atoms with E-state index < -0.39 is 0 Å². The molecule has 1 atom stereocenters. The molecule has 0 saturated carbocycles. The molecule has 0 aliphatic carbocycles. The van der Waals surface area contributed by atoms with Gasteiger partial charge >= 0.3 is 0 Å². The van der Waals surface area contributed by atoms with E-state index in [0.29, 0.717) is 25.3 Å². The van der Waals surface area contributed by atoms with Crippen LogP contribution in [0.1, 0.15) is 35.6 Å². The maximum atomic E-state index is 13.2. The molecule has 5 heterocycles. The van der Waals surface area contributed by atoms with Crippen LogP contribution in [-0.2, 0) is 17.9 Å². The lowest BCUT2D eigenvalue weighted by atomic mass is 10.1. The van der Waals surface area contributed by atoms with Gasteiger partial charge in [-0.05, 0) is 19.8 Å². The molecule has 3 aliphatic heterocycles. The quantitative estimate of drug-likeness (QED) is 0.779. The van der Waals surface area contributed by atoms with Crippen molar-refractivity contribution in [3.63, 3.8) is 0 Å². The highest BCUT2D eigenvalue weighted by Gasteiger charge is 2.37. The summed E-state index contributed by atoms with van der Waals surface area (Å²) in [7, 11) is 0. The van der Waals surface area contributed by atoms with E-state index in [4.69, 9.17) is 5.41 Å². The molecule has 29 heavy (non-hydrogen) atoms. The van der Waals surface area contributed by atoms with Gasteiger partial charge in [-0.3, -0.25) is 4.79 Å². The summed E-state index contributed by atoms with van der Waals surface area (Å²) in [5.74, 6) is 2.70. The van der Waals surface area contributed by atoms with Gasteiger partial charge in [-0.1, -0.05) is 0 Å². The van der Waals surface area contributed by atoms with Gasteiger partial charge < -0.3 is 20.1 Å². The predicted molar refractivity (Wildman–Crippen MR) is 108 cm³/mol. The molecule has 0 spiro atoms. The SMILES string of the molecule is Cc1nc2c(c(N3CCC3)n1)CN(C(=O)[C@@H]1CCN(c3cc(C=N)ncn3)C1)C2. The van der Waals surface area contributed by atoms with Crippen molar-refractivity contribution in [1.82, 2.24) is 24.8 Å². The number of anilines is 2. The lowest BCUT2D eigenvalue weighted by Gasteiger charge is -2.33. The molecule has 0 aromatic carbocycles. The molecular weight excluding hydrogens is 368 g/mol. The molecule has 0 unspecified atom stereocenters. The van der Waals surface area contributed by atoms with Crippen LogP contribution in [0.4, 0.5) is 11.6 Å². The Morgan fingerprint density at radius 3 is 2.79 bits per heavy atom. The predicted octanol–water partition coefficient (Wildman–Crippen LogP) is 1.15. The zero-order valence-corrected chi connectivity index (χ0v) is 16.5. The van der Waals surface area contributed by atoms with Crippen LogP contribution in [-0.4, -0.2) is 63.1 Å². The van der Waals surface area contributed by atoms with Gasteiger partial charge in [-0.15, -0.1) is 0 Å². The zero-order chi connectivity index (χ0) is 20.0. The van der Waals surface area contributed by atoms with E-state index in [1.807, 2.05) is 11.8 Å². The number of rotatable bonds is 4. The van der Waals surface area contributed by atoms with Gasteiger partial charge in [0.25, 0.3) is 0 Å². The van der Waals surface area contributed by atoms with E-state index in [9.17, 15) is 4.79 Å². The summed E-state index contributed by atoms with van der Waals surface area (Å²) >= 11 is 0. The molecule has 1 N–H and O–H groups in total. The number of hydrogen-bond donors (Lipinski definition) is 1. The third-order valence-corrected chi connectivity index (χ3v) is 6.02. The molecule has 0 radical (unpaired) electrons. The largest absolute Gasteiger partial charge is 0.356 e. The van der Waals surface area contributed by atoms with E-state index in [-0.39, 0.29) is 11.8 Å². The number of fused-ring (bicyclic) bond motifs is 1. The summed E-state index contributed by atoms with van der Waals surface area (Å²) in [5.41, 5.74) is 2.69. The number of carbonyl (C=O) groups is 1. The second-order valence-corrected chi connectivity index (χ2v) is 7.93. The molecule has 1 amide bonds. The highest BCUT2D eigenvalue weighted by atomic mass is 16.2. The molecule has 2 aromatic heterocycles. The lowest BCUT2D eigenvalue weighted by Crippen LogP contribution is -2.39. The van der Waals surface area contributed by atoms with Crippen LogP contribution in [0.5, 0.6) is 0 Å². The Balaban J connectivity index is 1.30. The third kappa shape index (κ3) is 3.20. The summed E-state index contributed by atoms with van der Waals surface area (Å²) in [6.07, 6.45) is 4.69. The molecule has 0 bridgehead atoms. The molecule has 5 rings (SSSR count). The monoisotopic (exact) mass is 392 g/mol. The Labute approximate surface area is 169 Å². The van der Waals surface area contributed by atoms with E-state index in [1.54, 1.807) is 6.07 Å². The lowest BCUT2D eigenvalue weighted by molar-refractivity contribution is -0.135. The fourth-order valence-corrected chi connectivity index (χ4v) is 4.34. The second-order valence-electron chi connectivity index (χ2n) is 7.93. The van der Waals surface area contributed by atoms with Gasteiger partial charge in [-0.2, -0.15) is 0 Å². The maximum absolute atomic E-state index is 13.2. The minimum atomic E-state index is -0.0516. The zero-order valence-electron chi connectivity index (χ0n) is 16.5. The molecule has 150 valence electrons. The number of carbonyl (C=O) groups excluding carboxylic acids is 1. The second kappa shape index (κ2) is 7.06. The summed E-state index contributed by atoms with van der Waals surface area (Å²) < 4.78 is 0. The molecule has 2 fully saturated rings. The number of amides is 1. The first-order valence-electron chi connectivity index (χ1n) is 10.1. The van der Waals surface area contributed by atoms with Crippen LogP contribution < -0.4 is 9.80 Å². The molecule has 9 heteroatoms. The summed E-state index contributed by atoms with van der Waals surface area (Å²) in [6.45, 7) is 6.58. The van der Waals surface area contributed by atoms with Crippen molar-refractivity contribution >= 4 is 23.8 Å². The first-order valence-corrected chi connectivity index (χ1v) is 10.1. The number of aryl methyl sites for hydroxylation is 1. The van der Waals surface area contributed by atoms with E-state index in [2.05, 4.69) is 29.7 Å². The molecule has 3 aliphatic rings. The Hall–Kier alpha value is -3.10. The van der Waals surface area contributed by atoms with Gasteiger partial charge in [0, 0.05) is 44.0 Å². The van der Waals surface area contributed by atoms with Gasteiger partial charge in [0.2, 0.25) is 5.91 Å². The van der Waals surface area contributed by atoms with Crippen LogP contribution in [0.3, 0.4) is 0 Å². The van der Waals surface area contributed by atoms with Crippen LogP contribution in [0, 0.1) is 18.3 Å². The Kier molecular flexibility index (Phi) is 4.37. The topological polar surface area (TPSA) is 102 Å². The fraction of sp³-hybridized carbons (Fsp3) is 0.500. The minimum Gasteiger partial charge on any atom is -0.356 e. The van der Waals surface area contributed by atoms with E-state index in [1.165, 1.54) is 19.0 Å². The summed E-state index contributed by atoms with van der Waals surface area (Å²) in [4.78, 5) is 37.2. The van der Waals surface area contributed by atoms with E-state index in [0.717, 1.165) is 54.8 Å². The van der Waals surface area contributed by atoms with Crippen molar-refractivity contribution in [3.05, 3.63) is 35.2 Å². The molecule has 2 aromatic rings. The maximum Gasteiger partial charge on any atom is 0.228 e. The highest BCUT2D eigenvalue weighted by Crippen LogP contribution is 2.33. The summed E-state index contributed by atoms with van der Waals surface area (Å²) in [5, 5.41) is 7.37. The van der Waals surface area contributed by atoms with Crippen LogP contribution in [0.2, 0.25) is 0 Å². The van der Waals surface area contributed by atoms with Crippen molar-refractivity contribution in [2.75, 3.05) is 36.0 Å². The average Bonchev–Trinajstić information content (AvgIpc) is 3.33.